The van der Waals surface area contributed by atoms with E-state index in [9.17, 15) is 0 Å². The molecule has 36 heavy (non-hydrogen) atoms. The highest BCUT2D eigenvalue weighted by Crippen LogP contribution is 2.59. The molecule has 178 valence electrons. The van der Waals surface area contributed by atoms with Crippen LogP contribution in [0.3, 0.4) is 0 Å². The summed E-state index contributed by atoms with van der Waals surface area (Å²) in [5.74, 6) is 2.08. The number of aromatic nitrogens is 1. The van der Waals surface area contributed by atoms with Crippen LogP contribution in [-0.2, 0) is 0 Å². The fourth-order valence-corrected chi connectivity index (χ4v) is 6.57. The number of hydrogen-bond acceptors (Lipinski definition) is 3. The quantitative estimate of drug-likeness (QED) is 0.226. The second-order valence-electron chi connectivity index (χ2n) is 10.9. The standard InChI is InChI=1S/C31H32BN4/c1-20(2)23-12-10-13-24(21(3)4)30(23)35-27-16-7-6-15-26(27)34-28-17-11-14-25-22(5)33-19-9-8-18-29(33)36(31(25)28)32(34)35/h6-22H,1-5H3/q+1/t22-/m1/s1. The van der Waals surface area contributed by atoms with Crippen LogP contribution in [0.25, 0.3) is 0 Å². The largest absolute Gasteiger partial charge is 0.643 e. The molecule has 0 fully saturated rings. The van der Waals surface area contributed by atoms with Crippen LogP contribution in [-0.4, -0.2) is 7.12 Å². The highest BCUT2D eigenvalue weighted by molar-refractivity contribution is 6.80. The van der Waals surface area contributed by atoms with Gasteiger partial charge in [-0.3, -0.25) is 0 Å². The summed E-state index contributed by atoms with van der Waals surface area (Å²) < 4.78 is 2.43. The maximum Gasteiger partial charge on any atom is 0.643 e. The minimum Gasteiger partial charge on any atom is -0.320 e. The van der Waals surface area contributed by atoms with Crippen LogP contribution in [0.15, 0.2) is 85.1 Å². The van der Waals surface area contributed by atoms with E-state index in [0.29, 0.717) is 11.8 Å². The van der Waals surface area contributed by atoms with Gasteiger partial charge in [-0.25, -0.2) is 9.38 Å². The van der Waals surface area contributed by atoms with E-state index in [1.807, 2.05) is 0 Å². The molecule has 4 heterocycles. The molecule has 0 unspecified atom stereocenters. The molecule has 0 N–H and O–H groups in total. The summed E-state index contributed by atoms with van der Waals surface area (Å²) >= 11 is 0. The zero-order chi connectivity index (χ0) is 24.7. The molecule has 0 amide bonds. The van der Waals surface area contributed by atoms with Crippen molar-refractivity contribution >= 4 is 41.4 Å². The topological polar surface area (TPSA) is 13.6 Å². The average Bonchev–Trinajstić information content (AvgIpc) is 3.40. The van der Waals surface area contributed by atoms with Gasteiger partial charge >= 0.3 is 7.12 Å². The Bertz CT molecular complexity index is 1480. The first kappa shape index (κ1) is 21.5. The number of pyridine rings is 1. The average molecular weight is 471 g/mol. The third-order valence-corrected chi connectivity index (χ3v) is 8.21. The Morgan fingerprint density at radius 2 is 1.25 bits per heavy atom. The van der Waals surface area contributed by atoms with Gasteiger partial charge in [-0.05, 0) is 54.2 Å². The molecule has 0 radical (unpaired) electrons. The van der Waals surface area contributed by atoms with E-state index in [2.05, 4.69) is 139 Å². The Balaban J connectivity index is 1.57. The lowest BCUT2D eigenvalue weighted by molar-refractivity contribution is -0.699. The summed E-state index contributed by atoms with van der Waals surface area (Å²) in [7, 11) is -0.00269. The van der Waals surface area contributed by atoms with Crippen molar-refractivity contribution in [2.45, 2.75) is 52.5 Å². The van der Waals surface area contributed by atoms with Crippen LogP contribution in [0.4, 0.5) is 34.3 Å². The van der Waals surface area contributed by atoms with Crippen molar-refractivity contribution in [1.29, 1.82) is 0 Å². The molecule has 1 atom stereocenters. The van der Waals surface area contributed by atoms with Gasteiger partial charge in [-0.15, -0.1) is 0 Å². The number of anilines is 6. The van der Waals surface area contributed by atoms with E-state index < -0.39 is 0 Å². The van der Waals surface area contributed by atoms with Gasteiger partial charge in [0.15, 0.2) is 0 Å². The van der Waals surface area contributed by atoms with Gasteiger partial charge in [0.1, 0.15) is 11.7 Å². The van der Waals surface area contributed by atoms with E-state index in [1.54, 1.807) is 0 Å². The molecule has 4 aromatic rings. The zero-order valence-corrected chi connectivity index (χ0v) is 21.7. The Morgan fingerprint density at radius 1 is 0.639 bits per heavy atom. The molecular formula is C31H32BN4+. The highest BCUT2D eigenvalue weighted by atomic mass is 15.5. The number of nitrogens with zero attached hydrogens (tertiary/aromatic N) is 4. The summed E-state index contributed by atoms with van der Waals surface area (Å²) in [5, 5.41) is 0. The van der Waals surface area contributed by atoms with E-state index >= 15 is 0 Å². The summed E-state index contributed by atoms with van der Waals surface area (Å²) in [6.45, 7) is 11.6. The van der Waals surface area contributed by atoms with Gasteiger partial charge in [0, 0.05) is 17.3 Å². The molecule has 1 aromatic heterocycles. The maximum absolute atomic E-state index is 2.62. The van der Waals surface area contributed by atoms with Crippen LogP contribution in [0.2, 0.25) is 0 Å². The van der Waals surface area contributed by atoms with Crippen molar-refractivity contribution < 1.29 is 4.57 Å². The lowest BCUT2D eigenvalue weighted by Crippen LogP contribution is -2.57. The van der Waals surface area contributed by atoms with Gasteiger partial charge in [0.2, 0.25) is 0 Å². The van der Waals surface area contributed by atoms with Crippen molar-refractivity contribution in [3.05, 3.63) is 102 Å². The predicted molar refractivity (Wildman–Crippen MR) is 150 cm³/mol. The van der Waals surface area contributed by atoms with Gasteiger partial charge in [0.25, 0.3) is 5.82 Å². The van der Waals surface area contributed by atoms with Crippen molar-refractivity contribution in [3.63, 3.8) is 0 Å². The predicted octanol–water partition coefficient (Wildman–Crippen LogP) is 7.57. The van der Waals surface area contributed by atoms with Gasteiger partial charge in [-0.1, -0.05) is 76.2 Å². The van der Waals surface area contributed by atoms with Crippen LogP contribution in [0.1, 0.15) is 69.2 Å². The number of fused-ring (bicyclic) bond motifs is 7. The van der Waals surface area contributed by atoms with Crippen molar-refractivity contribution in [3.8, 4) is 0 Å². The molecular weight excluding hydrogens is 439 g/mol. The first-order valence-electron chi connectivity index (χ1n) is 13.2. The lowest BCUT2D eigenvalue weighted by atomic mass is 9.82. The maximum atomic E-state index is 2.62. The summed E-state index contributed by atoms with van der Waals surface area (Å²) in [4.78, 5) is 7.76. The molecule has 4 nitrogen and oxygen atoms in total. The lowest BCUT2D eigenvalue weighted by Gasteiger charge is -2.34. The first-order chi connectivity index (χ1) is 17.5. The molecule has 3 aliphatic heterocycles. The van der Waals surface area contributed by atoms with Crippen molar-refractivity contribution in [1.82, 2.24) is 0 Å². The number of benzene rings is 3. The number of rotatable bonds is 3. The smallest absolute Gasteiger partial charge is 0.320 e. The van der Waals surface area contributed by atoms with E-state index in [1.165, 1.54) is 50.9 Å². The summed E-state index contributed by atoms with van der Waals surface area (Å²) in [5.41, 5.74) is 10.7. The van der Waals surface area contributed by atoms with E-state index in [-0.39, 0.29) is 13.2 Å². The number of para-hydroxylation sites is 4. The molecule has 0 bridgehead atoms. The normalized spacial score (nSPS) is 17.0. The Labute approximate surface area is 214 Å². The third-order valence-electron chi connectivity index (χ3n) is 8.21. The molecule has 0 saturated carbocycles. The van der Waals surface area contributed by atoms with Crippen molar-refractivity contribution in [2.75, 3.05) is 14.4 Å². The second-order valence-corrected chi connectivity index (χ2v) is 10.9. The fourth-order valence-electron chi connectivity index (χ4n) is 6.57. The SMILES string of the molecule is CC(C)c1cccc(C(C)C)c1N1B2N(c3ccccc31)c1cccc3c1N2c1cccc[n+]1[C@@H]3C. The second kappa shape index (κ2) is 7.63. The Morgan fingerprint density at radius 3 is 1.94 bits per heavy atom. The minimum absolute atomic E-state index is 0.00269. The summed E-state index contributed by atoms with van der Waals surface area (Å²) in [6, 6.07) is 29.5. The van der Waals surface area contributed by atoms with Gasteiger partial charge in [-0.2, -0.15) is 0 Å². The fraction of sp³-hybridized carbons (Fsp3) is 0.258. The zero-order valence-electron chi connectivity index (χ0n) is 21.7. The van der Waals surface area contributed by atoms with E-state index in [4.69, 9.17) is 0 Å². The van der Waals surface area contributed by atoms with Crippen molar-refractivity contribution in [2.24, 2.45) is 0 Å². The van der Waals surface area contributed by atoms with Crippen LogP contribution in [0.5, 0.6) is 0 Å². The Hall–Kier alpha value is -3.73. The van der Waals surface area contributed by atoms with Crippen LogP contribution in [0, 0.1) is 0 Å². The molecule has 5 heteroatoms. The monoisotopic (exact) mass is 471 g/mol. The summed E-state index contributed by atoms with van der Waals surface area (Å²) in [6.07, 6.45) is 2.23. The highest BCUT2D eigenvalue weighted by Gasteiger charge is 2.63. The van der Waals surface area contributed by atoms with E-state index in [0.717, 1.165) is 0 Å². The number of hydrogen-bond donors (Lipinski definition) is 0. The van der Waals surface area contributed by atoms with Gasteiger partial charge in [0.05, 0.1) is 23.3 Å². The molecule has 3 aromatic carbocycles. The first-order valence-corrected chi connectivity index (χ1v) is 13.2. The molecule has 7 rings (SSSR count). The Kier molecular flexibility index (Phi) is 4.57. The third kappa shape index (κ3) is 2.69. The van der Waals surface area contributed by atoms with Gasteiger partial charge < -0.3 is 9.62 Å². The van der Waals surface area contributed by atoms with Crippen LogP contribution >= 0.6 is 0 Å². The molecule has 0 saturated heterocycles. The molecule has 0 aliphatic carbocycles. The van der Waals surface area contributed by atoms with Crippen LogP contribution < -0.4 is 19.0 Å². The minimum atomic E-state index is -0.00269. The molecule has 0 spiro atoms. The molecule has 3 aliphatic rings.